The summed E-state index contributed by atoms with van der Waals surface area (Å²) < 4.78 is 5.31. The van der Waals surface area contributed by atoms with Crippen LogP contribution in [0, 0.1) is 6.92 Å². The van der Waals surface area contributed by atoms with Gasteiger partial charge in [-0.15, -0.1) is 0 Å². The minimum atomic E-state index is -0.289. The minimum absolute atomic E-state index is 0.0940. The Labute approximate surface area is 158 Å². The second-order valence-corrected chi connectivity index (χ2v) is 6.55. The number of hydrogen-bond donors (Lipinski definition) is 1. The van der Waals surface area contributed by atoms with Crippen LogP contribution in [0.15, 0.2) is 36.5 Å². The Hall–Kier alpha value is -3.09. The number of nitrogens with one attached hydrogen (secondary N) is 1. The fourth-order valence-electron chi connectivity index (χ4n) is 3.13. The zero-order chi connectivity index (χ0) is 19.4. The zero-order valence-corrected chi connectivity index (χ0v) is 15.9. The maximum atomic E-state index is 12.7. The van der Waals surface area contributed by atoms with Crippen molar-refractivity contribution in [1.82, 2.24) is 9.88 Å². The first-order valence-corrected chi connectivity index (χ1v) is 8.90. The molecule has 1 N–H and O–H groups in total. The second kappa shape index (κ2) is 8.07. The third-order valence-electron chi connectivity index (χ3n) is 4.67. The average molecular weight is 368 g/mol. The number of hydrogen-bond acceptors (Lipinski definition) is 5. The summed E-state index contributed by atoms with van der Waals surface area (Å²) in [5.41, 5.74) is 2.90. The van der Waals surface area contributed by atoms with Gasteiger partial charge in [0.15, 0.2) is 0 Å². The normalized spacial score (nSPS) is 14.0. The third-order valence-corrected chi connectivity index (χ3v) is 4.67. The molecule has 1 aromatic carbocycles. The van der Waals surface area contributed by atoms with Crippen LogP contribution in [-0.2, 0) is 4.79 Å². The Morgan fingerprint density at radius 2 is 1.85 bits per heavy atom. The van der Waals surface area contributed by atoms with Crippen LogP contribution in [0.1, 0.15) is 23.0 Å². The lowest BCUT2D eigenvalue weighted by molar-refractivity contribution is -0.129. The molecule has 7 nitrogen and oxygen atoms in total. The Kier molecular flexibility index (Phi) is 5.59. The number of nitrogens with zero attached hydrogens (tertiary/aromatic N) is 3. The van der Waals surface area contributed by atoms with Crippen LogP contribution in [0.2, 0.25) is 0 Å². The van der Waals surface area contributed by atoms with E-state index in [1.807, 2.05) is 36.1 Å². The van der Waals surface area contributed by atoms with Crippen molar-refractivity contribution in [3.8, 4) is 5.75 Å². The van der Waals surface area contributed by atoms with E-state index in [4.69, 9.17) is 4.74 Å². The Morgan fingerprint density at radius 1 is 1.11 bits per heavy atom. The van der Waals surface area contributed by atoms with E-state index in [1.165, 1.54) is 0 Å². The van der Waals surface area contributed by atoms with E-state index in [0.717, 1.165) is 24.3 Å². The fourth-order valence-corrected chi connectivity index (χ4v) is 3.13. The zero-order valence-electron chi connectivity index (χ0n) is 15.9. The Bertz CT molecular complexity index is 845. The number of amides is 2. The lowest BCUT2D eigenvalue weighted by Crippen LogP contribution is -2.48. The standard InChI is InChI=1S/C20H24N4O3/c1-14-4-5-19(27-3)17(12-14)22-20(26)18-13-16(6-7-21-18)24-10-8-23(9-11-24)15(2)25/h4-7,12-13H,8-11H2,1-3H3,(H,22,26). The number of carbonyl (C=O) groups is 2. The van der Waals surface area contributed by atoms with Crippen LogP contribution in [0.25, 0.3) is 0 Å². The van der Waals surface area contributed by atoms with Crippen LogP contribution in [0.3, 0.4) is 0 Å². The predicted octanol–water partition coefficient (Wildman–Crippen LogP) is 2.32. The van der Waals surface area contributed by atoms with Crippen LogP contribution in [0.4, 0.5) is 11.4 Å². The molecule has 2 amide bonds. The minimum Gasteiger partial charge on any atom is -0.495 e. The molecule has 0 bridgehead atoms. The highest BCUT2D eigenvalue weighted by Crippen LogP contribution is 2.26. The summed E-state index contributed by atoms with van der Waals surface area (Å²) >= 11 is 0. The number of benzene rings is 1. The van der Waals surface area contributed by atoms with Crippen molar-refractivity contribution in [1.29, 1.82) is 0 Å². The van der Waals surface area contributed by atoms with Gasteiger partial charge in [0, 0.05) is 45.0 Å². The van der Waals surface area contributed by atoms with Gasteiger partial charge in [0.2, 0.25) is 5.91 Å². The molecular formula is C20H24N4O3. The summed E-state index contributed by atoms with van der Waals surface area (Å²) in [6.45, 7) is 6.37. The second-order valence-electron chi connectivity index (χ2n) is 6.55. The average Bonchev–Trinajstić information content (AvgIpc) is 2.68. The highest BCUT2D eigenvalue weighted by atomic mass is 16.5. The molecule has 1 aromatic heterocycles. The summed E-state index contributed by atoms with van der Waals surface area (Å²) in [5.74, 6) is 0.408. The number of rotatable bonds is 4. The number of anilines is 2. The van der Waals surface area contributed by atoms with E-state index < -0.39 is 0 Å². The van der Waals surface area contributed by atoms with Gasteiger partial charge in [-0.05, 0) is 36.8 Å². The number of piperazine rings is 1. The van der Waals surface area contributed by atoms with Gasteiger partial charge in [-0.2, -0.15) is 0 Å². The molecule has 1 aliphatic heterocycles. The fraction of sp³-hybridized carbons (Fsp3) is 0.350. The van der Waals surface area contributed by atoms with Crippen molar-refractivity contribution in [2.45, 2.75) is 13.8 Å². The Morgan fingerprint density at radius 3 is 2.52 bits per heavy atom. The number of ether oxygens (including phenoxy) is 1. The van der Waals surface area contributed by atoms with E-state index in [-0.39, 0.29) is 11.8 Å². The van der Waals surface area contributed by atoms with Crippen molar-refractivity contribution >= 4 is 23.2 Å². The van der Waals surface area contributed by atoms with E-state index in [9.17, 15) is 9.59 Å². The molecule has 7 heteroatoms. The van der Waals surface area contributed by atoms with E-state index in [2.05, 4.69) is 15.2 Å². The highest BCUT2D eigenvalue weighted by molar-refractivity contribution is 6.04. The third kappa shape index (κ3) is 4.36. The number of aromatic nitrogens is 1. The van der Waals surface area contributed by atoms with Crippen LogP contribution in [-0.4, -0.2) is 55.0 Å². The van der Waals surface area contributed by atoms with Crippen molar-refractivity contribution in [2.24, 2.45) is 0 Å². The number of aryl methyl sites for hydroxylation is 1. The van der Waals surface area contributed by atoms with Crippen molar-refractivity contribution in [2.75, 3.05) is 43.5 Å². The van der Waals surface area contributed by atoms with Crippen LogP contribution >= 0.6 is 0 Å². The van der Waals surface area contributed by atoms with Crippen LogP contribution in [0.5, 0.6) is 5.75 Å². The number of carbonyl (C=O) groups excluding carboxylic acids is 2. The molecule has 0 unspecified atom stereocenters. The molecule has 3 rings (SSSR count). The first kappa shape index (κ1) is 18.7. The van der Waals surface area contributed by atoms with Gasteiger partial charge in [-0.1, -0.05) is 6.07 Å². The maximum Gasteiger partial charge on any atom is 0.274 e. The molecule has 0 atom stereocenters. The molecule has 1 saturated heterocycles. The summed E-state index contributed by atoms with van der Waals surface area (Å²) in [4.78, 5) is 32.3. The van der Waals surface area contributed by atoms with Crippen molar-refractivity contribution < 1.29 is 14.3 Å². The van der Waals surface area contributed by atoms with Gasteiger partial charge in [0.05, 0.1) is 12.8 Å². The van der Waals surface area contributed by atoms with E-state index >= 15 is 0 Å². The van der Waals surface area contributed by atoms with Crippen molar-refractivity contribution in [3.63, 3.8) is 0 Å². The molecule has 0 spiro atoms. The van der Waals surface area contributed by atoms with Gasteiger partial charge < -0.3 is 19.9 Å². The molecule has 2 aromatic rings. The molecule has 0 aliphatic carbocycles. The molecule has 142 valence electrons. The topological polar surface area (TPSA) is 74.8 Å². The predicted molar refractivity (Wildman–Crippen MR) is 104 cm³/mol. The lowest BCUT2D eigenvalue weighted by Gasteiger charge is -2.35. The molecule has 1 aliphatic rings. The quantitative estimate of drug-likeness (QED) is 0.896. The first-order chi connectivity index (χ1) is 13.0. The van der Waals surface area contributed by atoms with Gasteiger partial charge in [0.1, 0.15) is 11.4 Å². The molecule has 0 radical (unpaired) electrons. The van der Waals surface area contributed by atoms with Gasteiger partial charge in [0.25, 0.3) is 5.91 Å². The number of methoxy groups -OCH3 is 1. The van der Waals surface area contributed by atoms with Crippen molar-refractivity contribution in [3.05, 3.63) is 47.8 Å². The van der Waals surface area contributed by atoms with Gasteiger partial charge in [-0.25, -0.2) is 0 Å². The summed E-state index contributed by atoms with van der Waals surface area (Å²) in [5, 5.41) is 2.87. The Balaban J connectivity index is 1.73. The van der Waals surface area contributed by atoms with Gasteiger partial charge in [-0.3, -0.25) is 14.6 Å². The van der Waals surface area contributed by atoms with Gasteiger partial charge >= 0.3 is 0 Å². The summed E-state index contributed by atoms with van der Waals surface area (Å²) in [6.07, 6.45) is 1.63. The summed E-state index contributed by atoms with van der Waals surface area (Å²) in [6, 6.07) is 9.27. The smallest absolute Gasteiger partial charge is 0.274 e. The highest BCUT2D eigenvalue weighted by Gasteiger charge is 2.20. The maximum absolute atomic E-state index is 12.7. The van der Waals surface area contributed by atoms with Crippen LogP contribution < -0.4 is 15.0 Å². The molecule has 0 saturated carbocycles. The first-order valence-electron chi connectivity index (χ1n) is 8.90. The molecule has 1 fully saturated rings. The van der Waals surface area contributed by atoms with E-state index in [1.54, 1.807) is 26.3 Å². The molecule has 27 heavy (non-hydrogen) atoms. The lowest BCUT2D eigenvalue weighted by atomic mass is 10.2. The molecule has 2 heterocycles. The molecular weight excluding hydrogens is 344 g/mol. The SMILES string of the molecule is COc1ccc(C)cc1NC(=O)c1cc(N2CCN(C(C)=O)CC2)ccn1. The van der Waals surface area contributed by atoms with E-state index in [0.29, 0.717) is 30.2 Å². The summed E-state index contributed by atoms with van der Waals surface area (Å²) in [7, 11) is 1.57. The monoisotopic (exact) mass is 368 g/mol. The largest absolute Gasteiger partial charge is 0.495 e. The number of pyridine rings is 1.